The Morgan fingerprint density at radius 3 is 2.50 bits per heavy atom. The predicted octanol–water partition coefficient (Wildman–Crippen LogP) is 6.34. The van der Waals surface area contributed by atoms with Crippen molar-refractivity contribution in [3.8, 4) is 0 Å². The molecule has 150 valence electrons. The number of nitrogens with zero attached hydrogens (tertiary/aromatic N) is 2. The molecule has 0 saturated carbocycles. The van der Waals surface area contributed by atoms with Crippen molar-refractivity contribution in [2.24, 2.45) is 0 Å². The summed E-state index contributed by atoms with van der Waals surface area (Å²) in [5.41, 5.74) is 3.84. The van der Waals surface area contributed by atoms with Gasteiger partial charge in [-0.1, -0.05) is 69.8 Å². The normalized spacial score (nSPS) is 9.82. The smallest absolute Gasteiger partial charge is 0.229 e. The molecule has 0 atom stereocenters. The summed E-state index contributed by atoms with van der Waals surface area (Å²) in [5.74, 6) is 0.973. The molecule has 0 aliphatic heterocycles. The summed E-state index contributed by atoms with van der Waals surface area (Å²) in [4.78, 5) is 16.6. The zero-order valence-corrected chi connectivity index (χ0v) is 17.8. The molecule has 0 spiro atoms. The molecule has 0 saturated heterocycles. The molecule has 2 rings (SSSR count). The molecule has 0 aliphatic carbocycles. The maximum atomic E-state index is 8.00. The van der Waals surface area contributed by atoms with Gasteiger partial charge in [0.25, 0.3) is 0 Å². The van der Waals surface area contributed by atoms with E-state index in [1.165, 1.54) is 5.56 Å². The van der Waals surface area contributed by atoms with E-state index in [4.69, 9.17) is 16.4 Å². The molecule has 1 aromatic heterocycles. The fourth-order valence-corrected chi connectivity index (χ4v) is 2.24. The van der Waals surface area contributed by atoms with Gasteiger partial charge in [0.15, 0.2) is 5.82 Å². The molecule has 6 heteroatoms. The van der Waals surface area contributed by atoms with Crippen LogP contribution in [0.2, 0.25) is 5.02 Å². The van der Waals surface area contributed by atoms with Crippen LogP contribution in [-0.2, 0) is 11.2 Å². The third-order valence-electron chi connectivity index (χ3n) is 3.39. The van der Waals surface area contributed by atoms with Gasteiger partial charge in [-0.25, -0.2) is 4.98 Å². The highest BCUT2D eigenvalue weighted by Gasteiger charge is 2.08. The number of hydrogen-bond acceptors (Lipinski definition) is 5. The van der Waals surface area contributed by atoms with Gasteiger partial charge in [0.05, 0.1) is 6.20 Å². The summed E-state index contributed by atoms with van der Waals surface area (Å²) in [6.45, 7) is 17.7. The molecular formula is C22H29ClN4O. The number of allylic oxidation sites excluding steroid dienone is 3. The molecule has 0 unspecified atom stereocenters. The zero-order valence-electron chi connectivity index (χ0n) is 17.1. The van der Waals surface area contributed by atoms with Gasteiger partial charge in [-0.05, 0) is 36.6 Å². The number of halogens is 1. The first-order valence-electron chi connectivity index (χ1n) is 8.96. The van der Waals surface area contributed by atoms with Crippen molar-refractivity contribution in [1.82, 2.24) is 9.97 Å². The lowest BCUT2D eigenvalue weighted by molar-refractivity contribution is -0.0979. The first-order valence-corrected chi connectivity index (χ1v) is 9.34. The summed E-state index contributed by atoms with van der Waals surface area (Å²) in [6.07, 6.45) is 6.10. The van der Waals surface area contributed by atoms with Crippen LogP contribution < -0.4 is 10.6 Å². The highest BCUT2D eigenvalue weighted by Crippen LogP contribution is 2.26. The first-order chi connectivity index (χ1) is 13.5. The van der Waals surface area contributed by atoms with Gasteiger partial charge >= 0.3 is 0 Å². The average Bonchev–Trinajstić information content (AvgIpc) is 2.73. The number of anilines is 3. The van der Waals surface area contributed by atoms with Crippen LogP contribution in [0.5, 0.6) is 0 Å². The quantitative estimate of drug-likeness (QED) is 0.531. The minimum atomic E-state index is 0.425. The second-order valence-corrected chi connectivity index (χ2v) is 5.68. The topological polar surface area (TPSA) is 66.9 Å². The van der Waals surface area contributed by atoms with Gasteiger partial charge in [0.2, 0.25) is 5.95 Å². The van der Waals surface area contributed by atoms with Crippen molar-refractivity contribution in [2.75, 3.05) is 10.6 Å². The van der Waals surface area contributed by atoms with Crippen molar-refractivity contribution in [2.45, 2.75) is 34.1 Å². The summed E-state index contributed by atoms with van der Waals surface area (Å²) in [6, 6.07) is 8.05. The molecule has 0 aliphatic rings. The van der Waals surface area contributed by atoms with Crippen LogP contribution in [0.15, 0.2) is 67.0 Å². The van der Waals surface area contributed by atoms with Crippen LogP contribution in [-0.4, -0.2) is 16.8 Å². The Labute approximate surface area is 173 Å². The van der Waals surface area contributed by atoms with E-state index in [-0.39, 0.29) is 0 Å². The van der Waals surface area contributed by atoms with Crippen molar-refractivity contribution < 1.29 is 4.79 Å². The average molecular weight is 401 g/mol. The summed E-state index contributed by atoms with van der Waals surface area (Å²) < 4.78 is 0. The van der Waals surface area contributed by atoms with E-state index >= 15 is 0 Å². The van der Waals surface area contributed by atoms with Crippen LogP contribution in [0.3, 0.4) is 0 Å². The molecule has 0 fully saturated rings. The number of aromatic nitrogens is 2. The Morgan fingerprint density at radius 2 is 1.89 bits per heavy atom. The molecule has 0 radical (unpaired) electrons. The second kappa shape index (κ2) is 14.2. The third-order valence-corrected chi connectivity index (χ3v) is 3.67. The lowest BCUT2D eigenvalue weighted by Crippen LogP contribution is -2.04. The number of carbonyl (C=O) groups excluding carboxylic acids is 1. The van der Waals surface area contributed by atoms with Crippen molar-refractivity contribution in [1.29, 1.82) is 0 Å². The van der Waals surface area contributed by atoms with E-state index in [9.17, 15) is 0 Å². The number of benzene rings is 1. The summed E-state index contributed by atoms with van der Waals surface area (Å²) in [7, 11) is 0. The Bertz CT molecular complexity index is 803. The van der Waals surface area contributed by atoms with Gasteiger partial charge in [0, 0.05) is 11.4 Å². The van der Waals surface area contributed by atoms with Crippen LogP contribution >= 0.6 is 11.6 Å². The molecule has 2 aromatic rings. The fourth-order valence-electron chi connectivity index (χ4n) is 2.11. The molecule has 0 amide bonds. The maximum Gasteiger partial charge on any atom is 0.229 e. The standard InChI is InChI=1S/C19H21ClN4.C2H6.CH2O/c1-5-13(3)11-14(4)22-19-21-12-16(20)18(24-19)23-17-10-8-7-9-15(17)6-2;2*1-2/h5,7-12H,1,4,6H2,2-3H3,(H2,21,22,23,24);1-2H3;1H2/b13-11-;;. The second-order valence-electron chi connectivity index (χ2n) is 5.27. The molecule has 0 bridgehead atoms. The highest BCUT2D eigenvalue weighted by molar-refractivity contribution is 6.32. The van der Waals surface area contributed by atoms with Gasteiger partial charge in [-0.15, -0.1) is 0 Å². The molecular weight excluding hydrogens is 372 g/mol. The van der Waals surface area contributed by atoms with E-state index in [1.54, 1.807) is 12.3 Å². The lowest BCUT2D eigenvalue weighted by atomic mass is 10.1. The van der Waals surface area contributed by atoms with Gasteiger partial charge in [-0.3, -0.25) is 0 Å². The van der Waals surface area contributed by atoms with Crippen molar-refractivity contribution in [3.63, 3.8) is 0 Å². The number of rotatable bonds is 7. The molecule has 5 nitrogen and oxygen atoms in total. The number of nitrogens with one attached hydrogen (secondary N) is 2. The van der Waals surface area contributed by atoms with Gasteiger partial charge < -0.3 is 15.4 Å². The van der Waals surface area contributed by atoms with E-state index in [2.05, 4.69) is 46.7 Å². The van der Waals surface area contributed by atoms with Crippen molar-refractivity contribution in [3.05, 3.63) is 77.6 Å². The largest absolute Gasteiger partial charge is 0.339 e. The van der Waals surface area contributed by atoms with Crippen LogP contribution in [0, 0.1) is 0 Å². The molecule has 2 N–H and O–H groups in total. The third kappa shape index (κ3) is 8.18. The van der Waals surface area contributed by atoms with Gasteiger partial charge in [0.1, 0.15) is 11.8 Å². The zero-order chi connectivity index (χ0) is 21.5. The Balaban J connectivity index is 0.00000171. The number of carbonyl (C=O) groups is 1. The van der Waals surface area contributed by atoms with Crippen LogP contribution in [0.1, 0.15) is 33.3 Å². The van der Waals surface area contributed by atoms with Gasteiger partial charge in [-0.2, -0.15) is 4.98 Å². The predicted molar refractivity (Wildman–Crippen MR) is 121 cm³/mol. The first kappa shape index (κ1) is 25.1. The van der Waals surface area contributed by atoms with Crippen LogP contribution in [0.25, 0.3) is 0 Å². The molecule has 28 heavy (non-hydrogen) atoms. The Hall–Kier alpha value is -2.92. The lowest BCUT2D eigenvalue weighted by Gasteiger charge is -2.12. The molecule has 1 aromatic carbocycles. The minimum absolute atomic E-state index is 0.425. The Kier molecular flexibility index (Phi) is 12.7. The maximum absolute atomic E-state index is 8.00. The number of hydrogen-bond donors (Lipinski definition) is 2. The van der Waals surface area contributed by atoms with E-state index in [1.807, 2.05) is 51.8 Å². The summed E-state index contributed by atoms with van der Waals surface area (Å²) in [5, 5.41) is 6.78. The molecule has 1 heterocycles. The monoisotopic (exact) mass is 400 g/mol. The van der Waals surface area contributed by atoms with E-state index in [0.717, 1.165) is 17.7 Å². The van der Waals surface area contributed by atoms with Crippen LogP contribution in [0.4, 0.5) is 17.5 Å². The SMILES string of the molecule is C=C/C(C)=C\C(=C)Nc1ncc(Cl)c(Nc2ccccc2CC)n1.C=O.CC. The highest BCUT2D eigenvalue weighted by atomic mass is 35.5. The van der Waals surface area contributed by atoms with E-state index < -0.39 is 0 Å². The number of aryl methyl sites for hydroxylation is 1. The summed E-state index contributed by atoms with van der Waals surface area (Å²) >= 11 is 6.22. The number of para-hydroxylation sites is 1. The Morgan fingerprint density at radius 1 is 1.25 bits per heavy atom. The van der Waals surface area contributed by atoms with Crippen molar-refractivity contribution >= 4 is 35.8 Å². The minimum Gasteiger partial charge on any atom is -0.339 e. The fraction of sp³-hybridized carbons (Fsp3) is 0.227. The van der Waals surface area contributed by atoms with E-state index in [0.29, 0.717) is 22.5 Å².